The normalized spacial score (nSPS) is 30.8. The molecule has 0 spiro atoms. The van der Waals surface area contributed by atoms with E-state index in [1.807, 2.05) is 0 Å². The zero-order valence-electron chi connectivity index (χ0n) is 10.8. The Bertz CT molecular complexity index is 302. The van der Waals surface area contributed by atoms with Crippen LogP contribution in [0.2, 0.25) is 0 Å². The van der Waals surface area contributed by atoms with E-state index in [1.54, 1.807) is 5.57 Å². The van der Waals surface area contributed by atoms with Crippen LogP contribution in [0, 0.1) is 17.8 Å². The Kier molecular flexibility index (Phi) is 3.67. The van der Waals surface area contributed by atoms with E-state index in [2.05, 4.69) is 37.5 Å². The van der Waals surface area contributed by atoms with Gasteiger partial charge in [0, 0.05) is 17.8 Å². The van der Waals surface area contributed by atoms with Gasteiger partial charge in [0.15, 0.2) is 0 Å². The van der Waals surface area contributed by atoms with Gasteiger partial charge in [-0.25, -0.2) is 0 Å². The van der Waals surface area contributed by atoms with E-state index >= 15 is 0 Å². The maximum absolute atomic E-state index is 4.50. The van der Waals surface area contributed by atoms with Gasteiger partial charge >= 0.3 is 0 Å². The molecule has 0 aromatic heterocycles. The zero-order valence-corrected chi connectivity index (χ0v) is 10.8. The fourth-order valence-corrected chi connectivity index (χ4v) is 2.92. The standard InChI is InChI=1S/C14H24N2/c1-10(2)14-13-8-7-11(3)5-4-6-12(13)9-15-16-14/h9-11,13,15H,4-8H2,1-3H3. The van der Waals surface area contributed by atoms with Crippen LogP contribution < -0.4 is 5.43 Å². The molecular formula is C14H24N2. The van der Waals surface area contributed by atoms with Crippen molar-refractivity contribution < 1.29 is 0 Å². The number of fused-ring (bicyclic) bond motifs is 1. The van der Waals surface area contributed by atoms with Crippen LogP contribution in [-0.4, -0.2) is 5.71 Å². The molecule has 16 heavy (non-hydrogen) atoms. The molecule has 1 fully saturated rings. The summed E-state index contributed by atoms with van der Waals surface area (Å²) in [4.78, 5) is 0. The molecule has 1 N–H and O–H groups in total. The summed E-state index contributed by atoms with van der Waals surface area (Å²) >= 11 is 0. The van der Waals surface area contributed by atoms with E-state index in [0.29, 0.717) is 11.8 Å². The lowest BCUT2D eigenvalue weighted by molar-refractivity contribution is 0.408. The second-order valence-electron chi connectivity index (χ2n) is 5.67. The van der Waals surface area contributed by atoms with Crippen molar-refractivity contribution in [1.82, 2.24) is 5.43 Å². The lowest BCUT2D eigenvalue weighted by Gasteiger charge is -2.30. The van der Waals surface area contributed by atoms with Crippen molar-refractivity contribution in [3.05, 3.63) is 11.8 Å². The van der Waals surface area contributed by atoms with Gasteiger partial charge in [-0.3, -0.25) is 5.43 Å². The smallest absolute Gasteiger partial charge is 0.0479 e. The van der Waals surface area contributed by atoms with E-state index in [1.165, 1.54) is 37.8 Å². The third-order valence-corrected chi connectivity index (χ3v) is 3.95. The molecule has 0 amide bonds. The van der Waals surface area contributed by atoms with Crippen molar-refractivity contribution in [3.8, 4) is 0 Å². The zero-order chi connectivity index (χ0) is 11.5. The number of nitrogens with zero attached hydrogens (tertiary/aromatic N) is 1. The quantitative estimate of drug-likeness (QED) is 0.716. The number of allylic oxidation sites excluding steroid dienone is 1. The fraction of sp³-hybridized carbons (Fsp3) is 0.786. The number of hydrogen-bond donors (Lipinski definition) is 1. The lowest BCUT2D eigenvalue weighted by Crippen LogP contribution is -2.29. The molecule has 2 heteroatoms. The largest absolute Gasteiger partial charge is 0.286 e. The van der Waals surface area contributed by atoms with Crippen molar-refractivity contribution in [2.45, 2.75) is 52.9 Å². The Hall–Kier alpha value is -0.790. The minimum Gasteiger partial charge on any atom is -0.286 e. The minimum atomic E-state index is 0.566. The van der Waals surface area contributed by atoms with Gasteiger partial charge in [-0.2, -0.15) is 5.10 Å². The summed E-state index contributed by atoms with van der Waals surface area (Å²) < 4.78 is 0. The molecular weight excluding hydrogens is 196 g/mol. The topological polar surface area (TPSA) is 24.4 Å². The summed E-state index contributed by atoms with van der Waals surface area (Å²) in [5, 5.41) is 4.50. The van der Waals surface area contributed by atoms with Crippen LogP contribution in [0.15, 0.2) is 16.9 Å². The van der Waals surface area contributed by atoms with Gasteiger partial charge in [-0.05, 0) is 43.1 Å². The van der Waals surface area contributed by atoms with Gasteiger partial charge in [0.25, 0.3) is 0 Å². The summed E-state index contributed by atoms with van der Waals surface area (Å²) in [5.74, 6) is 2.09. The predicted octanol–water partition coefficient (Wildman–Crippen LogP) is 3.70. The number of hydrazone groups is 1. The van der Waals surface area contributed by atoms with E-state index in [9.17, 15) is 0 Å². The first-order valence-electron chi connectivity index (χ1n) is 6.70. The molecule has 1 aliphatic heterocycles. The van der Waals surface area contributed by atoms with Crippen LogP contribution in [0.1, 0.15) is 52.9 Å². The van der Waals surface area contributed by atoms with Gasteiger partial charge in [-0.1, -0.05) is 27.2 Å². The highest BCUT2D eigenvalue weighted by Gasteiger charge is 2.27. The molecule has 0 bridgehead atoms. The first kappa shape index (κ1) is 11.7. The molecule has 90 valence electrons. The first-order valence-corrected chi connectivity index (χ1v) is 6.70. The van der Waals surface area contributed by atoms with Crippen molar-refractivity contribution in [2.75, 3.05) is 0 Å². The lowest BCUT2D eigenvalue weighted by atomic mass is 9.78. The van der Waals surface area contributed by atoms with Gasteiger partial charge < -0.3 is 0 Å². The highest BCUT2D eigenvalue weighted by atomic mass is 15.3. The molecule has 1 saturated carbocycles. The molecule has 2 atom stereocenters. The molecule has 1 aliphatic carbocycles. The molecule has 2 aliphatic rings. The molecule has 2 nitrogen and oxygen atoms in total. The summed E-state index contributed by atoms with van der Waals surface area (Å²) in [6.07, 6.45) is 8.79. The monoisotopic (exact) mass is 220 g/mol. The Morgan fingerprint density at radius 3 is 2.88 bits per heavy atom. The maximum atomic E-state index is 4.50. The van der Waals surface area contributed by atoms with E-state index in [0.717, 1.165) is 5.92 Å². The predicted molar refractivity (Wildman–Crippen MR) is 69.2 cm³/mol. The Labute approximate surface area is 99.2 Å². The Morgan fingerprint density at radius 2 is 2.12 bits per heavy atom. The highest BCUT2D eigenvalue weighted by molar-refractivity contribution is 5.91. The van der Waals surface area contributed by atoms with Crippen LogP contribution in [0.5, 0.6) is 0 Å². The average Bonchev–Trinajstić information content (AvgIpc) is 2.23. The molecule has 0 aromatic carbocycles. The van der Waals surface area contributed by atoms with Crippen LogP contribution in [-0.2, 0) is 0 Å². The van der Waals surface area contributed by atoms with Gasteiger partial charge in [0.1, 0.15) is 0 Å². The van der Waals surface area contributed by atoms with E-state index in [4.69, 9.17) is 0 Å². The summed E-state index contributed by atoms with van der Waals surface area (Å²) in [7, 11) is 0. The maximum Gasteiger partial charge on any atom is 0.0479 e. The molecule has 2 rings (SSSR count). The molecule has 2 unspecified atom stereocenters. The minimum absolute atomic E-state index is 0.566. The highest BCUT2D eigenvalue weighted by Crippen LogP contribution is 2.33. The SMILES string of the molecule is CC1CCCC2=CNN=C(C(C)C)C2CC1. The fourth-order valence-electron chi connectivity index (χ4n) is 2.92. The second-order valence-corrected chi connectivity index (χ2v) is 5.67. The van der Waals surface area contributed by atoms with Gasteiger partial charge in [-0.15, -0.1) is 0 Å². The Balaban J connectivity index is 2.13. The van der Waals surface area contributed by atoms with Crippen molar-refractivity contribution >= 4 is 5.71 Å². The van der Waals surface area contributed by atoms with Crippen LogP contribution in [0.4, 0.5) is 0 Å². The van der Waals surface area contributed by atoms with Crippen LogP contribution >= 0.6 is 0 Å². The van der Waals surface area contributed by atoms with Crippen LogP contribution in [0.25, 0.3) is 0 Å². The summed E-state index contributed by atoms with van der Waals surface area (Å²) in [6, 6.07) is 0. The second kappa shape index (κ2) is 5.03. The van der Waals surface area contributed by atoms with E-state index < -0.39 is 0 Å². The number of nitrogens with one attached hydrogen (secondary N) is 1. The van der Waals surface area contributed by atoms with Gasteiger partial charge in [0.05, 0.1) is 0 Å². The van der Waals surface area contributed by atoms with Gasteiger partial charge in [0.2, 0.25) is 0 Å². The first-order chi connectivity index (χ1) is 7.68. The number of hydrogen-bond acceptors (Lipinski definition) is 2. The molecule has 0 radical (unpaired) electrons. The summed E-state index contributed by atoms with van der Waals surface area (Å²) in [6.45, 7) is 6.90. The van der Waals surface area contributed by atoms with E-state index in [-0.39, 0.29) is 0 Å². The molecule has 0 saturated heterocycles. The molecule has 0 aromatic rings. The van der Waals surface area contributed by atoms with Crippen molar-refractivity contribution in [1.29, 1.82) is 0 Å². The Morgan fingerprint density at radius 1 is 1.31 bits per heavy atom. The third kappa shape index (κ3) is 2.47. The average molecular weight is 220 g/mol. The number of rotatable bonds is 1. The molecule has 1 heterocycles. The van der Waals surface area contributed by atoms with Crippen molar-refractivity contribution in [2.24, 2.45) is 22.9 Å². The summed E-state index contributed by atoms with van der Waals surface area (Å²) in [5.41, 5.74) is 6.06. The van der Waals surface area contributed by atoms with Crippen LogP contribution in [0.3, 0.4) is 0 Å². The third-order valence-electron chi connectivity index (χ3n) is 3.95. The van der Waals surface area contributed by atoms with Crippen molar-refractivity contribution in [3.63, 3.8) is 0 Å².